The van der Waals surface area contributed by atoms with Crippen molar-refractivity contribution in [2.45, 2.75) is 26.3 Å². The second-order valence-corrected chi connectivity index (χ2v) is 5.48. The molecule has 0 aliphatic heterocycles. The van der Waals surface area contributed by atoms with E-state index in [0.29, 0.717) is 22.6 Å². The molecule has 1 rings (SSSR count). The van der Waals surface area contributed by atoms with E-state index in [4.69, 9.17) is 23.2 Å². The molecule has 0 amide bonds. The number of carbonyl (C=O) groups excluding carboxylic acids is 1. The van der Waals surface area contributed by atoms with Crippen LogP contribution in [0.4, 0.5) is 5.69 Å². The van der Waals surface area contributed by atoms with Crippen LogP contribution >= 0.6 is 23.2 Å². The molecule has 0 bridgehead atoms. The number of halogens is 2. The molecule has 0 aliphatic rings. The predicted molar refractivity (Wildman–Crippen MR) is 82.3 cm³/mol. The summed E-state index contributed by atoms with van der Waals surface area (Å²) < 4.78 is 0. The van der Waals surface area contributed by atoms with Crippen molar-refractivity contribution in [1.82, 2.24) is 4.90 Å². The lowest BCUT2D eigenvalue weighted by Gasteiger charge is -2.23. The number of hydrogen-bond donors (Lipinski definition) is 1. The van der Waals surface area contributed by atoms with Gasteiger partial charge in [0.15, 0.2) is 0 Å². The molecule has 0 saturated heterocycles. The van der Waals surface area contributed by atoms with Crippen molar-refractivity contribution in [1.29, 1.82) is 0 Å². The van der Waals surface area contributed by atoms with Gasteiger partial charge in [-0.25, -0.2) is 0 Å². The van der Waals surface area contributed by atoms with Crippen molar-refractivity contribution in [3.8, 4) is 0 Å². The Morgan fingerprint density at radius 2 is 2.05 bits per heavy atom. The Morgan fingerprint density at radius 1 is 1.32 bits per heavy atom. The third kappa shape index (κ3) is 5.81. The Labute approximate surface area is 124 Å². The van der Waals surface area contributed by atoms with Crippen molar-refractivity contribution in [2.24, 2.45) is 0 Å². The highest BCUT2D eigenvalue weighted by atomic mass is 35.5. The normalized spacial score (nSPS) is 11.1. The zero-order valence-corrected chi connectivity index (χ0v) is 12.8. The van der Waals surface area contributed by atoms with E-state index in [1.165, 1.54) is 0 Å². The quantitative estimate of drug-likeness (QED) is 0.587. The van der Waals surface area contributed by atoms with Crippen LogP contribution in [-0.4, -0.2) is 36.9 Å². The molecule has 106 valence electrons. The van der Waals surface area contributed by atoms with Gasteiger partial charge in [0.25, 0.3) is 0 Å². The smallest absolute Gasteiger partial charge is 0.133 e. The molecule has 1 N–H and O–H groups in total. The molecule has 0 radical (unpaired) electrons. The van der Waals surface area contributed by atoms with Crippen molar-refractivity contribution in [2.75, 3.05) is 25.0 Å². The van der Waals surface area contributed by atoms with E-state index in [1.54, 1.807) is 6.07 Å². The minimum absolute atomic E-state index is 0.384. The predicted octanol–water partition coefficient (Wildman–Crippen LogP) is 3.70. The van der Waals surface area contributed by atoms with Gasteiger partial charge in [0.05, 0.1) is 16.6 Å². The third-order valence-electron chi connectivity index (χ3n) is 2.91. The zero-order chi connectivity index (χ0) is 14.3. The lowest BCUT2D eigenvalue weighted by atomic mass is 10.2. The highest BCUT2D eigenvalue weighted by Crippen LogP contribution is 2.24. The first-order valence-electron chi connectivity index (χ1n) is 6.41. The number of rotatable bonds is 8. The van der Waals surface area contributed by atoms with E-state index in [0.717, 1.165) is 31.5 Å². The van der Waals surface area contributed by atoms with Crippen LogP contribution in [0.25, 0.3) is 0 Å². The largest absolute Gasteiger partial charge is 0.385 e. The van der Waals surface area contributed by atoms with Crippen LogP contribution in [0, 0.1) is 0 Å². The van der Waals surface area contributed by atoms with Gasteiger partial charge in [-0.05, 0) is 38.5 Å². The SMILES string of the molecule is CC(C)N(CC=O)CCCNc1ccc(Cl)c(Cl)c1. The summed E-state index contributed by atoms with van der Waals surface area (Å²) in [4.78, 5) is 12.7. The number of aldehydes is 1. The van der Waals surface area contributed by atoms with Gasteiger partial charge in [0.2, 0.25) is 0 Å². The molecule has 3 nitrogen and oxygen atoms in total. The summed E-state index contributed by atoms with van der Waals surface area (Å²) in [7, 11) is 0. The average Bonchev–Trinajstić information content (AvgIpc) is 2.37. The maximum Gasteiger partial charge on any atom is 0.133 e. The number of nitrogens with one attached hydrogen (secondary N) is 1. The van der Waals surface area contributed by atoms with Gasteiger partial charge in [-0.2, -0.15) is 0 Å². The molecule has 0 fully saturated rings. The Balaban J connectivity index is 2.33. The van der Waals surface area contributed by atoms with Crippen LogP contribution in [-0.2, 0) is 4.79 Å². The summed E-state index contributed by atoms with van der Waals surface area (Å²) in [6, 6.07) is 5.88. The molecule has 0 atom stereocenters. The lowest BCUT2D eigenvalue weighted by molar-refractivity contribution is -0.109. The molecule has 0 unspecified atom stereocenters. The van der Waals surface area contributed by atoms with Crippen molar-refractivity contribution < 1.29 is 4.79 Å². The Morgan fingerprint density at radius 3 is 2.63 bits per heavy atom. The van der Waals surface area contributed by atoms with Crippen LogP contribution < -0.4 is 5.32 Å². The van der Waals surface area contributed by atoms with Gasteiger partial charge in [-0.3, -0.25) is 4.90 Å². The first kappa shape index (κ1) is 16.3. The maximum atomic E-state index is 10.6. The highest BCUT2D eigenvalue weighted by Gasteiger charge is 2.07. The number of benzene rings is 1. The number of hydrogen-bond acceptors (Lipinski definition) is 3. The molecule has 1 aromatic carbocycles. The van der Waals surface area contributed by atoms with E-state index < -0.39 is 0 Å². The Hall–Kier alpha value is -0.770. The molecular weight excluding hydrogens is 283 g/mol. The number of carbonyl (C=O) groups is 1. The zero-order valence-electron chi connectivity index (χ0n) is 11.3. The molecule has 0 aromatic heterocycles. The fraction of sp³-hybridized carbons (Fsp3) is 0.500. The van der Waals surface area contributed by atoms with Crippen LogP contribution in [0.1, 0.15) is 20.3 Å². The first-order chi connectivity index (χ1) is 9.04. The minimum atomic E-state index is 0.384. The fourth-order valence-electron chi connectivity index (χ4n) is 1.78. The second-order valence-electron chi connectivity index (χ2n) is 4.66. The average molecular weight is 303 g/mol. The fourth-order valence-corrected chi connectivity index (χ4v) is 2.08. The Kier molecular flexibility index (Phi) is 7.21. The number of anilines is 1. The number of nitrogens with zero attached hydrogens (tertiary/aromatic N) is 1. The summed E-state index contributed by atoms with van der Waals surface area (Å²) in [6.45, 7) is 6.40. The standard InChI is InChI=1S/C14H20Cl2N2O/c1-11(2)18(8-9-19)7-3-6-17-12-4-5-13(15)14(16)10-12/h4-5,9-11,17H,3,6-8H2,1-2H3. The van der Waals surface area contributed by atoms with Crippen LogP contribution in [0.15, 0.2) is 18.2 Å². The molecule has 0 aliphatic carbocycles. The summed E-state index contributed by atoms with van der Waals surface area (Å²) in [6.07, 6.45) is 1.92. The monoisotopic (exact) mass is 302 g/mol. The van der Waals surface area contributed by atoms with E-state index in [9.17, 15) is 4.79 Å². The van der Waals surface area contributed by atoms with Gasteiger partial charge in [-0.15, -0.1) is 0 Å². The van der Waals surface area contributed by atoms with Crippen LogP contribution in [0.3, 0.4) is 0 Å². The minimum Gasteiger partial charge on any atom is -0.385 e. The summed E-state index contributed by atoms with van der Waals surface area (Å²) in [5.74, 6) is 0. The topological polar surface area (TPSA) is 32.3 Å². The van der Waals surface area contributed by atoms with E-state index in [1.807, 2.05) is 12.1 Å². The summed E-state index contributed by atoms with van der Waals surface area (Å²) in [5, 5.41) is 4.40. The molecule has 5 heteroatoms. The van der Waals surface area contributed by atoms with E-state index in [-0.39, 0.29) is 0 Å². The molecule has 19 heavy (non-hydrogen) atoms. The molecule has 0 spiro atoms. The van der Waals surface area contributed by atoms with Gasteiger partial charge >= 0.3 is 0 Å². The van der Waals surface area contributed by atoms with Gasteiger partial charge in [-0.1, -0.05) is 23.2 Å². The van der Waals surface area contributed by atoms with Gasteiger partial charge < -0.3 is 10.1 Å². The van der Waals surface area contributed by atoms with Crippen molar-refractivity contribution in [3.63, 3.8) is 0 Å². The summed E-state index contributed by atoms with van der Waals surface area (Å²) in [5.41, 5.74) is 0.959. The highest BCUT2D eigenvalue weighted by molar-refractivity contribution is 6.42. The van der Waals surface area contributed by atoms with Crippen LogP contribution in [0.5, 0.6) is 0 Å². The Bertz CT molecular complexity index is 410. The maximum absolute atomic E-state index is 10.6. The van der Waals surface area contributed by atoms with Gasteiger partial charge in [0.1, 0.15) is 6.29 Å². The van der Waals surface area contributed by atoms with Gasteiger partial charge in [0, 0.05) is 24.8 Å². The van der Waals surface area contributed by atoms with Crippen molar-refractivity contribution in [3.05, 3.63) is 28.2 Å². The third-order valence-corrected chi connectivity index (χ3v) is 3.65. The second kappa shape index (κ2) is 8.41. The van der Waals surface area contributed by atoms with E-state index >= 15 is 0 Å². The van der Waals surface area contributed by atoms with E-state index in [2.05, 4.69) is 24.1 Å². The molecule has 0 saturated carbocycles. The lowest BCUT2D eigenvalue weighted by Crippen LogP contribution is -2.34. The van der Waals surface area contributed by atoms with Crippen molar-refractivity contribution >= 4 is 35.2 Å². The molecule has 1 aromatic rings. The summed E-state index contributed by atoms with van der Waals surface area (Å²) >= 11 is 11.8. The molecule has 0 heterocycles. The molecular formula is C14H20Cl2N2O. The first-order valence-corrected chi connectivity index (χ1v) is 7.16. The van der Waals surface area contributed by atoms with Crippen LogP contribution in [0.2, 0.25) is 10.0 Å².